The minimum Gasteiger partial charge on any atom is -0.456 e. The van der Waals surface area contributed by atoms with Crippen LogP contribution in [0.2, 0.25) is 0 Å². The molecule has 0 spiro atoms. The summed E-state index contributed by atoms with van der Waals surface area (Å²) in [6.07, 6.45) is -0.143. The Balaban J connectivity index is 1.56. The van der Waals surface area contributed by atoms with E-state index in [-0.39, 0.29) is 29.9 Å². The molecule has 0 aliphatic heterocycles. The maximum absolute atomic E-state index is 12.8. The van der Waals surface area contributed by atoms with E-state index in [1.165, 1.54) is 4.68 Å². The minimum atomic E-state index is -0.661. The van der Waals surface area contributed by atoms with Crippen molar-refractivity contribution in [1.82, 2.24) is 9.36 Å². The first-order chi connectivity index (χ1) is 14.9. The van der Waals surface area contributed by atoms with Gasteiger partial charge in [0.2, 0.25) is 0 Å². The van der Waals surface area contributed by atoms with Gasteiger partial charge in [-0.15, -0.1) is 0 Å². The van der Waals surface area contributed by atoms with E-state index in [1.54, 1.807) is 61.1 Å². The Morgan fingerprint density at radius 2 is 1.55 bits per heavy atom. The second-order valence-electron chi connectivity index (χ2n) is 6.93. The Labute approximate surface area is 179 Å². The van der Waals surface area contributed by atoms with E-state index in [2.05, 4.69) is 5.32 Å². The van der Waals surface area contributed by atoms with E-state index in [4.69, 9.17) is 4.74 Å². The van der Waals surface area contributed by atoms with Gasteiger partial charge in [-0.25, -0.2) is 4.68 Å². The van der Waals surface area contributed by atoms with Crippen molar-refractivity contribution in [3.8, 4) is 5.69 Å². The van der Waals surface area contributed by atoms with Crippen LogP contribution in [0.3, 0.4) is 0 Å². The molecule has 3 aromatic rings. The lowest BCUT2D eigenvalue weighted by Crippen LogP contribution is -2.26. The molecule has 0 unspecified atom stereocenters. The van der Waals surface area contributed by atoms with Gasteiger partial charge >= 0.3 is 5.97 Å². The molecule has 1 N–H and O–H groups in total. The Morgan fingerprint density at radius 3 is 2.19 bits per heavy atom. The van der Waals surface area contributed by atoms with Gasteiger partial charge in [0.25, 0.3) is 11.5 Å². The van der Waals surface area contributed by atoms with Gasteiger partial charge in [0.1, 0.15) is 5.69 Å². The summed E-state index contributed by atoms with van der Waals surface area (Å²) in [6, 6.07) is 17.7. The molecule has 8 nitrogen and oxygen atoms in total. The van der Waals surface area contributed by atoms with E-state index < -0.39 is 18.5 Å². The molecule has 0 atom stereocenters. The number of esters is 1. The summed E-state index contributed by atoms with van der Waals surface area (Å²) >= 11 is 0. The standard InChI is InChI=1S/C23H23N3O5/c1-16-22(23(30)26(25(16)2)18-11-7-4-8-12-18)24-20(28)15-31-21(29)14-13-19(27)17-9-5-3-6-10-17/h3-12H,13-15H2,1-2H3,(H,24,28). The largest absolute Gasteiger partial charge is 0.456 e. The molecular formula is C23H23N3O5. The molecule has 0 radical (unpaired) electrons. The number of hydrogen-bond donors (Lipinski definition) is 1. The molecule has 0 saturated heterocycles. The van der Waals surface area contributed by atoms with Crippen molar-refractivity contribution >= 4 is 23.3 Å². The zero-order chi connectivity index (χ0) is 22.4. The average Bonchev–Trinajstić information content (AvgIpc) is 3.00. The molecule has 8 heteroatoms. The number of anilines is 1. The van der Waals surface area contributed by atoms with E-state index in [9.17, 15) is 19.2 Å². The lowest BCUT2D eigenvalue weighted by molar-refractivity contribution is -0.147. The van der Waals surface area contributed by atoms with Crippen LogP contribution < -0.4 is 10.9 Å². The summed E-state index contributed by atoms with van der Waals surface area (Å²) in [7, 11) is 1.71. The maximum Gasteiger partial charge on any atom is 0.306 e. The van der Waals surface area contributed by atoms with Crippen molar-refractivity contribution in [2.24, 2.45) is 7.05 Å². The van der Waals surface area contributed by atoms with Crippen LogP contribution in [0.15, 0.2) is 65.5 Å². The van der Waals surface area contributed by atoms with Gasteiger partial charge in [0.05, 0.1) is 17.8 Å². The fraction of sp³-hybridized carbons (Fsp3) is 0.217. The maximum atomic E-state index is 12.8. The molecule has 160 valence electrons. The van der Waals surface area contributed by atoms with E-state index >= 15 is 0 Å². The highest BCUT2D eigenvalue weighted by Crippen LogP contribution is 2.14. The molecular weight excluding hydrogens is 398 g/mol. The third-order valence-corrected chi connectivity index (χ3v) is 4.83. The van der Waals surface area contributed by atoms with Crippen LogP contribution >= 0.6 is 0 Å². The number of rotatable bonds is 8. The first-order valence-electron chi connectivity index (χ1n) is 9.76. The van der Waals surface area contributed by atoms with Crippen LogP contribution in [0, 0.1) is 6.92 Å². The van der Waals surface area contributed by atoms with Gasteiger partial charge < -0.3 is 10.1 Å². The quantitative estimate of drug-likeness (QED) is 0.445. The Bertz CT molecular complexity index is 1150. The normalized spacial score (nSPS) is 10.5. The Kier molecular flexibility index (Phi) is 6.81. The number of Topliss-reactive ketones (excluding diaryl/α,β-unsaturated/α-hetero) is 1. The second-order valence-corrected chi connectivity index (χ2v) is 6.93. The monoisotopic (exact) mass is 421 g/mol. The van der Waals surface area contributed by atoms with E-state index in [1.807, 2.05) is 18.2 Å². The van der Waals surface area contributed by atoms with Crippen LogP contribution in [-0.2, 0) is 21.4 Å². The van der Waals surface area contributed by atoms with Crippen LogP contribution in [0.4, 0.5) is 5.69 Å². The second kappa shape index (κ2) is 9.71. The van der Waals surface area contributed by atoms with Crippen LogP contribution in [-0.4, -0.2) is 33.6 Å². The molecule has 1 heterocycles. The number of para-hydroxylation sites is 1. The molecule has 0 aliphatic rings. The van der Waals surface area contributed by atoms with E-state index in [0.717, 1.165) is 0 Å². The molecule has 0 aliphatic carbocycles. The molecule has 2 aromatic carbocycles. The fourth-order valence-corrected chi connectivity index (χ4v) is 3.09. The lowest BCUT2D eigenvalue weighted by atomic mass is 10.1. The van der Waals surface area contributed by atoms with Crippen molar-refractivity contribution in [2.45, 2.75) is 19.8 Å². The zero-order valence-corrected chi connectivity index (χ0v) is 17.3. The van der Waals surface area contributed by atoms with Crippen molar-refractivity contribution < 1.29 is 19.1 Å². The molecule has 1 amide bonds. The summed E-state index contributed by atoms with van der Waals surface area (Å²) in [5.74, 6) is -1.47. The Morgan fingerprint density at radius 1 is 0.935 bits per heavy atom. The summed E-state index contributed by atoms with van der Waals surface area (Å²) in [5, 5.41) is 2.52. The summed E-state index contributed by atoms with van der Waals surface area (Å²) in [6.45, 7) is 1.16. The smallest absolute Gasteiger partial charge is 0.306 e. The van der Waals surface area contributed by atoms with Crippen LogP contribution in [0.5, 0.6) is 0 Å². The number of nitrogens with one attached hydrogen (secondary N) is 1. The fourth-order valence-electron chi connectivity index (χ4n) is 3.09. The molecule has 0 fully saturated rings. The van der Waals surface area contributed by atoms with Crippen molar-refractivity contribution in [3.63, 3.8) is 0 Å². The van der Waals surface area contributed by atoms with Gasteiger partial charge in [-0.1, -0.05) is 48.5 Å². The first kappa shape index (κ1) is 21.8. The van der Waals surface area contributed by atoms with Crippen molar-refractivity contribution in [2.75, 3.05) is 11.9 Å². The minimum absolute atomic E-state index is 0.00988. The lowest BCUT2D eigenvalue weighted by Gasteiger charge is -2.07. The molecule has 3 rings (SSSR count). The third kappa shape index (κ3) is 5.16. The number of benzene rings is 2. The predicted octanol–water partition coefficient (Wildman–Crippen LogP) is 2.63. The summed E-state index contributed by atoms with van der Waals surface area (Å²) in [4.78, 5) is 48.9. The number of hydrogen-bond acceptors (Lipinski definition) is 5. The number of carbonyl (C=O) groups excluding carboxylic acids is 3. The van der Waals surface area contributed by atoms with Crippen LogP contribution in [0.1, 0.15) is 28.9 Å². The number of amides is 1. The van der Waals surface area contributed by atoms with Gasteiger partial charge in [-0.2, -0.15) is 0 Å². The number of aromatic nitrogens is 2. The first-order valence-corrected chi connectivity index (χ1v) is 9.76. The SMILES string of the molecule is Cc1c(NC(=O)COC(=O)CCC(=O)c2ccccc2)c(=O)n(-c2ccccc2)n1C. The number of ketones is 1. The zero-order valence-electron chi connectivity index (χ0n) is 17.3. The van der Waals surface area contributed by atoms with Gasteiger partial charge in [-0.05, 0) is 19.1 Å². The Hall–Kier alpha value is -3.94. The van der Waals surface area contributed by atoms with Gasteiger partial charge in [0.15, 0.2) is 12.4 Å². The number of ether oxygens (including phenoxy) is 1. The van der Waals surface area contributed by atoms with Gasteiger partial charge in [0, 0.05) is 19.0 Å². The average molecular weight is 421 g/mol. The molecule has 0 bridgehead atoms. The summed E-state index contributed by atoms with van der Waals surface area (Å²) < 4.78 is 8.01. The highest BCUT2D eigenvalue weighted by Gasteiger charge is 2.19. The predicted molar refractivity (Wildman–Crippen MR) is 115 cm³/mol. The van der Waals surface area contributed by atoms with Gasteiger partial charge in [-0.3, -0.25) is 23.9 Å². The summed E-state index contributed by atoms with van der Waals surface area (Å²) in [5.41, 5.74) is 1.46. The molecule has 31 heavy (non-hydrogen) atoms. The number of nitrogens with zero attached hydrogens (tertiary/aromatic N) is 2. The highest BCUT2D eigenvalue weighted by atomic mass is 16.5. The topological polar surface area (TPSA) is 99.4 Å². The van der Waals surface area contributed by atoms with Crippen molar-refractivity contribution in [3.05, 3.63) is 82.3 Å². The molecule has 1 aromatic heterocycles. The van der Waals surface area contributed by atoms with Crippen LogP contribution in [0.25, 0.3) is 5.69 Å². The van der Waals surface area contributed by atoms with E-state index in [0.29, 0.717) is 16.9 Å². The number of carbonyl (C=O) groups is 3. The third-order valence-electron chi connectivity index (χ3n) is 4.83. The van der Waals surface area contributed by atoms with Crippen molar-refractivity contribution in [1.29, 1.82) is 0 Å². The molecule has 0 saturated carbocycles. The highest BCUT2D eigenvalue weighted by molar-refractivity contribution is 5.98.